The van der Waals surface area contributed by atoms with Crippen LogP contribution in [0, 0.1) is 0 Å². The van der Waals surface area contributed by atoms with Crippen molar-refractivity contribution in [2.75, 3.05) is 5.73 Å². The van der Waals surface area contributed by atoms with E-state index in [2.05, 4.69) is 53.9 Å². The first-order chi connectivity index (χ1) is 9.16. The van der Waals surface area contributed by atoms with Crippen LogP contribution in [0.15, 0.2) is 48.8 Å². The van der Waals surface area contributed by atoms with E-state index in [1.807, 2.05) is 12.1 Å². The van der Waals surface area contributed by atoms with Gasteiger partial charge in [-0.25, -0.2) is 0 Å². The molecule has 0 radical (unpaired) electrons. The Bertz CT molecular complexity index is 708. The lowest BCUT2D eigenvalue weighted by molar-refractivity contribution is 0.623. The monoisotopic (exact) mass is 251 g/mol. The highest BCUT2D eigenvalue weighted by atomic mass is 15.0. The quantitative estimate of drug-likeness (QED) is 0.751. The second kappa shape index (κ2) is 4.43. The molecule has 0 aliphatic rings. The zero-order valence-electron chi connectivity index (χ0n) is 11.2. The van der Waals surface area contributed by atoms with Crippen molar-refractivity contribution in [3.05, 3.63) is 48.8 Å². The number of rotatable bonds is 2. The molecule has 19 heavy (non-hydrogen) atoms. The van der Waals surface area contributed by atoms with Crippen LogP contribution in [0.25, 0.3) is 22.2 Å². The Morgan fingerprint density at radius 3 is 2.58 bits per heavy atom. The van der Waals surface area contributed by atoms with Gasteiger partial charge in [0.25, 0.3) is 0 Å². The summed E-state index contributed by atoms with van der Waals surface area (Å²) in [5.41, 5.74) is 9.76. The van der Waals surface area contributed by atoms with Crippen LogP contribution in [0.2, 0.25) is 0 Å². The highest BCUT2D eigenvalue weighted by molar-refractivity contribution is 5.95. The van der Waals surface area contributed by atoms with Gasteiger partial charge < -0.3 is 10.3 Å². The summed E-state index contributed by atoms with van der Waals surface area (Å²) < 4.78 is 2.28. The number of nitrogens with two attached hydrogens (primary N) is 1. The predicted molar refractivity (Wildman–Crippen MR) is 80.0 cm³/mol. The number of anilines is 1. The minimum atomic E-state index is 0.424. The van der Waals surface area contributed by atoms with Gasteiger partial charge in [0.2, 0.25) is 0 Å². The number of hydrogen-bond acceptors (Lipinski definition) is 2. The number of hydrogen-bond donors (Lipinski definition) is 1. The van der Waals surface area contributed by atoms with Crippen molar-refractivity contribution in [1.29, 1.82) is 0 Å². The molecule has 3 heteroatoms. The molecular formula is C16H17N3. The third-order valence-electron chi connectivity index (χ3n) is 3.36. The van der Waals surface area contributed by atoms with Crippen LogP contribution in [0.4, 0.5) is 5.69 Å². The van der Waals surface area contributed by atoms with Crippen LogP contribution in [-0.4, -0.2) is 9.55 Å². The maximum atomic E-state index is 5.70. The summed E-state index contributed by atoms with van der Waals surface area (Å²) in [6, 6.07) is 12.7. The fraction of sp³-hybridized carbons (Fsp3) is 0.188. The molecule has 0 unspecified atom stereocenters. The van der Waals surface area contributed by atoms with Crippen LogP contribution in [0.1, 0.15) is 19.9 Å². The fourth-order valence-electron chi connectivity index (χ4n) is 2.40. The zero-order valence-corrected chi connectivity index (χ0v) is 11.2. The van der Waals surface area contributed by atoms with Crippen LogP contribution in [-0.2, 0) is 0 Å². The molecule has 0 bridgehead atoms. The summed E-state index contributed by atoms with van der Waals surface area (Å²) in [6.45, 7) is 4.37. The highest BCUT2D eigenvalue weighted by Gasteiger charge is 2.12. The lowest BCUT2D eigenvalue weighted by atomic mass is 10.1. The summed E-state index contributed by atoms with van der Waals surface area (Å²) in [5.74, 6) is 0. The van der Waals surface area contributed by atoms with Gasteiger partial charge in [0.15, 0.2) is 0 Å². The van der Waals surface area contributed by atoms with E-state index in [1.54, 1.807) is 6.20 Å². The molecule has 0 spiro atoms. The molecule has 0 saturated heterocycles. The molecule has 0 amide bonds. The minimum absolute atomic E-state index is 0.424. The van der Waals surface area contributed by atoms with Crippen molar-refractivity contribution < 1.29 is 0 Å². The van der Waals surface area contributed by atoms with Crippen LogP contribution < -0.4 is 5.73 Å². The van der Waals surface area contributed by atoms with E-state index in [0.717, 1.165) is 11.3 Å². The lowest BCUT2D eigenvalue weighted by Gasteiger charge is -2.08. The number of fused-ring (bicyclic) bond motifs is 1. The van der Waals surface area contributed by atoms with Crippen molar-refractivity contribution >= 4 is 16.6 Å². The van der Waals surface area contributed by atoms with Gasteiger partial charge in [0.05, 0.1) is 17.6 Å². The van der Waals surface area contributed by atoms with E-state index >= 15 is 0 Å². The molecule has 96 valence electrons. The van der Waals surface area contributed by atoms with Gasteiger partial charge in [-0.15, -0.1) is 0 Å². The summed E-state index contributed by atoms with van der Waals surface area (Å²) >= 11 is 0. The Kier molecular flexibility index (Phi) is 2.75. The van der Waals surface area contributed by atoms with Gasteiger partial charge in [-0.3, -0.25) is 4.98 Å². The molecule has 3 nitrogen and oxygen atoms in total. The van der Waals surface area contributed by atoms with E-state index < -0.39 is 0 Å². The topological polar surface area (TPSA) is 43.8 Å². The molecule has 3 rings (SSSR count). The van der Waals surface area contributed by atoms with E-state index in [-0.39, 0.29) is 0 Å². The van der Waals surface area contributed by atoms with Gasteiger partial charge in [-0.1, -0.05) is 18.2 Å². The van der Waals surface area contributed by atoms with Crippen LogP contribution in [0.3, 0.4) is 0 Å². The van der Waals surface area contributed by atoms with Crippen molar-refractivity contribution in [1.82, 2.24) is 9.55 Å². The molecule has 0 aliphatic heterocycles. The molecule has 2 N–H and O–H groups in total. The van der Waals surface area contributed by atoms with Crippen molar-refractivity contribution in [2.24, 2.45) is 0 Å². The van der Waals surface area contributed by atoms with E-state index in [0.29, 0.717) is 11.7 Å². The zero-order chi connectivity index (χ0) is 13.4. The van der Waals surface area contributed by atoms with E-state index in [4.69, 9.17) is 5.73 Å². The Labute approximate surface area is 112 Å². The summed E-state index contributed by atoms with van der Waals surface area (Å²) in [5, 5.41) is 1.23. The number of nitrogens with zero attached hydrogens (tertiary/aromatic N) is 2. The summed E-state index contributed by atoms with van der Waals surface area (Å²) in [6.07, 6.45) is 3.88. The third kappa shape index (κ3) is 1.97. The molecule has 0 atom stereocenters. The smallest absolute Gasteiger partial charge is 0.0725 e. The normalized spacial score (nSPS) is 11.3. The van der Waals surface area contributed by atoms with Crippen molar-refractivity contribution in [3.8, 4) is 11.3 Å². The molecule has 2 heterocycles. The largest absolute Gasteiger partial charge is 0.397 e. The van der Waals surface area contributed by atoms with Gasteiger partial charge in [-0.2, -0.15) is 0 Å². The van der Waals surface area contributed by atoms with Gasteiger partial charge in [0.1, 0.15) is 0 Å². The fourth-order valence-corrected chi connectivity index (χ4v) is 2.40. The molecule has 1 aromatic carbocycles. The van der Waals surface area contributed by atoms with Gasteiger partial charge in [-0.05, 0) is 32.0 Å². The SMILES string of the molecule is CC(C)n1cc(-c2ccc(N)cn2)c2ccccc21. The minimum Gasteiger partial charge on any atom is -0.397 e. The van der Waals surface area contributed by atoms with Crippen LogP contribution in [0.5, 0.6) is 0 Å². The average molecular weight is 251 g/mol. The lowest BCUT2D eigenvalue weighted by Crippen LogP contribution is -1.97. The number of benzene rings is 1. The standard InChI is InChI=1S/C16H17N3/c1-11(2)19-10-14(13-5-3-4-6-16(13)19)15-8-7-12(17)9-18-15/h3-11H,17H2,1-2H3. The van der Waals surface area contributed by atoms with E-state index in [9.17, 15) is 0 Å². The number of aromatic nitrogens is 2. The Balaban J connectivity index is 2.26. The second-order valence-corrected chi connectivity index (χ2v) is 5.04. The molecular weight excluding hydrogens is 234 g/mol. The predicted octanol–water partition coefficient (Wildman–Crippen LogP) is 3.87. The van der Waals surface area contributed by atoms with Gasteiger partial charge >= 0.3 is 0 Å². The second-order valence-electron chi connectivity index (χ2n) is 5.04. The summed E-state index contributed by atoms with van der Waals surface area (Å²) in [7, 11) is 0. The third-order valence-corrected chi connectivity index (χ3v) is 3.36. The van der Waals surface area contributed by atoms with Crippen molar-refractivity contribution in [3.63, 3.8) is 0 Å². The number of nitrogen functional groups attached to an aromatic ring is 1. The Morgan fingerprint density at radius 1 is 1.11 bits per heavy atom. The molecule has 2 aromatic heterocycles. The highest BCUT2D eigenvalue weighted by Crippen LogP contribution is 2.31. The first-order valence-electron chi connectivity index (χ1n) is 6.48. The van der Waals surface area contributed by atoms with Crippen molar-refractivity contribution in [2.45, 2.75) is 19.9 Å². The maximum Gasteiger partial charge on any atom is 0.0725 e. The Hall–Kier alpha value is -2.29. The van der Waals surface area contributed by atoms with E-state index in [1.165, 1.54) is 10.9 Å². The Morgan fingerprint density at radius 2 is 1.89 bits per heavy atom. The molecule has 0 saturated carbocycles. The first-order valence-corrected chi connectivity index (χ1v) is 6.48. The molecule has 0 aliphatic carbocycles. The average Bonchev–Trinajstić information content (AvgIpc) is 2.79. The van der Waals surface area contributed by atoms with Crippen LogP contribution >= 0.6 is 0 Å². The first kappa shape index (κ1) is 11.8. The van der Waals surface area contributed by atoms with Gasteiger partial charge in [0, 0.05) is 28.7 Å². The summed E-state index contributed by atoms with van der Waals surface area (Å²) in [4.78, 5) is 4.43. The number of pyridine rings is 1. The maximum absolute atomic E-state index is 5.70. The number of para-hydroxylation sites is 1. The molecule has 0 fully saturated rings. The molecule has 3 aromatic rings.